The normalized spacial score (nSPS) is 12.5. The Balaban J connectivity index is 2.47. The van der Waals surface area contributed by atoms with Gasteiger partial charge in [0.05, 0.1) is 4.90 Å². The van der Waals surface area contributed by atoms with E-state index in [-0.39, 0.29) is 5.41 Å². The van der Waals surface area contributed by atoms with Gasteiger partial charge >= 0.3 is 0 Å². The Labute approximate surface area is 132 Å². The van der Waals surface area contributed by atoms with Crippen molar-refractivity contribution in [2.45, 2.75) is 44.9 Å². The number of sulfonamides is 1. The zero-order valence-corrected chi connectivity index (χ0v) is 14.7. The minimum Gasteiger partial charge on any atom is -0.274 e. The number of hydrogen-bond donors (Lipinski definition) is 1. The summed E-state index contributed by atoms with van der Waals surface area (Å²) in [6.45, 7) is 10.00. The van der Waals surface area contributed by atoms with Crippen LogP contribution in [0.15, 0.2) is 29.3 Å². The number of aryl methyl sites for hydroxylation is 3. The molecule has 0 aliphatic heterocycles. The molecular weight excluding hydrogens is 298 g/mol. The summed E-state index contributed by atoms with van der Waals surface area (Å²) in [6.07, 6.45) is 1.69. The van der Waals surface area contributed by atoms with E-state index in [2.05, 4.69) is 30.6 Å². The molecule has 0 radical (unpaired) electrons. The molecule has 0 saturated heterocycles. The highest BCUT2D eigenvalue weighted by Gasteiger charge is 2.23. The molecule has 6 heteroatoms. The van der Waals surface area contributed by atoms with Gasteiger partial charge in [0.25, 0.3) is 10.0 Å². The first-order chi connectivity index (χ1) is 10.0. The van der Waals surface area contributed by atoms with E-state index in [1.54, 1.807) is 24.0 Å². The van der Waals surface area contributed by atoms with Gasteiger partial charge < -0.3 is 0 Å². The second kappa shape index (κ2) is 5.43. The van der Waals surface area contributed by atoms with Crippen molar-refractivity contribution in [2.24, 2.45) is 7.05 Å². The van der Waals surface area contributed by atoms with Crippen molar-refractivity contribution in [3.63, 3.8) is 0 Å². The summed E-state index contributed by atoms with van der Waals surface area (Å²) in [5.74, 6) is 0.321. The van der Waals surface area contributed by atoms with Gasteiger partial charge in [-0.05, 0) is 36.0 Å². The molecule has 0 spiro atoms. The molecular formula is C16H23N3O2S. The molecule has 1 aromatic carbocycles. The summed E-state index contributed by atoms with van der Waals surface area (Å²) >= 11 is 0. The average Bonchev–Trinajstić information content (AvgIpc) is 2.71. The molecule has 22 heavy (non-hydrogen) atoms. The average molecular weight is 321 g/mol. The fourth-order valence-electron chi connectivity index (χ4n) is 2.47. The molecule has 0 bridgehead atoms. The van der Waals surface area contributed by atoms with Gasteiger partial charge in [-0.25, -0.2) is 8.42 Å². The monoisotopic (exact) mass is 321 g/mol. The lowest BCUT2D eigenvalue weighted by atomic mass is 9.85. The standard InChI is InChI=1S/C16H23N3O2S/c1-11-9-13(16(3,4)5)10-12(2)15(11)22(20,21)18-14-7-8-19(6)17-14/h7-10H,1-6H3,(H,17,18). The van der Waals surface area contributed by atoms with E-state index in [9.17, 15) is 8.42 Å². The van der Waals surface area contributed by atoms with Crippen molar-refractivity contribution in [3.05, 3.63) is 41.1 Å². The maximum atomic E-state index is 12.7. The first-order valence-electron chi connectivity index (χ1n) is 7.15. The van der Waals surface area contributed by atoms with Crippen LogP contribution >= 0.6 is 0 Å². The number of benzene rings is 1. The summed E-state index contributed by atoms with van der Waals surface area (Å²) in [4.78, 5) is 0.325. The van der Waals surface area contributed by atoms with Crippen LogP contribution in [0.25, 0.3) is 0 Å². The Hall–Kier alpha value is -1.82. The molecule has 2 rings (SSSR count). The Kier molecular flexibility index (Phi) is 4.08. The van der Waals surface area contributed by atoms with Crippen LogP contribution in [0.2, 0.25) is 0 Å². The molecule has 0 fully saturated rings. The molecule has 0 saturated carbocycles. The predicted octanol–water partition coefficient (Wildman–Crippen LogP) is 3.14. The fourth-order valence-corrected chi connectivity index (χ4v) is 3.92. The highest BCUT2D eigenvalue weighted by Crippen LogP contribution is 2.29. The minimum absolute atomic E-state index is 0.0216. The molecule has 0 atom stereocenters. The van der Waals surface area contributed by atoms with Gasteiger partial charge in [0.15, 0.2) is 5.82 Å². The second-order valence-corrected chi connectivity index (χ2v) is 8.29. The lowest BCUT2D eigenvalue weighted by Crippen LogP contribution is -2.18. The Morgan fingerprint density at radius 2 is 1.68 bits per heavy atom. The molecule has 1 N–H and O–H groups in total. The number of anilines is 1. The van der Waals surface area contributed by atoms with Crippen molar-refractivity contribution >= 4 is 15.8 Å². The van der Waals surface area contributed by atoms with Crippen LogP contribution in [0.4, 0.5) is 5.82 Å². The highest BCUT2D eigenvalue weighted by molar-refractivity contribution is 7.92. The van der Waals surface area contributed by atoms with Crippen molar-refractivity contribution < 1.29 is 8.42 Å². The fraction of sp³-hybridized carbons (Fsp3) is 0.438. The maximum Gasteiger partial charge on any atom is 0.263 e. The molecule has 1 heterocycles. The van der Waals surface area contributed by atoms with Crippen molar-refractivity contribution in [3.8, 4) is 0 Å². The van der Waals surface area contributed by atoms with E-state index in [0.29, 0.717) is 10.7 Å². The molecule has 0 aliphatic rings. The van der Waals surface area contributed by atoms with E-state index >= 15 is 0 Å². The summed E-state index contributed by atoms with van der Waals surface area (Å²) in [5.41, 5.74) is 2.59. The predicted molar refractivity (Wildman–Crippen MR) is 88.6 cm³/mol. The first kappa shape index (κ1) is 16.5. The van der Waals surface area contributed by atoms with E-state index in [1.165, 1.54) is 0 Å². The molecule has 5 nitrogen and oxygen atoms in total. The van der Waals surface area contributed by atoms with E-state index in [0.717, 1.165) is 16.7 Å². The maximum absolute atomic E-state index is 12.7. The first-order valence-corrected chi connectivity index (χ1v) is 8.63. The zero-order valence-electron chi connectivity index (χ0n) is 13.9. The van der Waals surface area contributed by atoms with Gasteiger partial charge in [-0.15, -0.1) is 0 Å². The number of nitrogens with zero attached hydrogens (tertiary/aromatic N) is 2. The van der Waals surface area contributed by atoms with Crippen molar-refractivity contribution in [2.75, 3.05) is 4.72 Å². The minimum atomic E-state index is -3.65. The van der Waals surface area contributed by atoms with Crippen LogP contribution in [0.5, 0.6) is 0 Å². The van der Waals surface area contributed by atoms with Gasteiger partial charge in [-0.2, -0.15) is 5.10 Å². The number of rotatable bonds is 3. The van der Waals surface area contributed by atoms with Crippen molar-refractivity contribution in [1.29, 1.82) is 0 Å². The lowest BCUT2D eigenvalue weighted by Gasteiger charge is -2.22. The molecule has 2 aromatic rings. The van der Waals surface area contributed by atoms with E-state index in [4.69, 9.17) is 0 Å². The molecule has 0 unspecified atom stereocenters. The van der Waals surface area contributed by atoms with Gasteiger partial charge in [0.1, 0.15) is 0 Å². The Morgan fingerprint density at radius 3 is 2.09 bits per heavy atom. The van der Waals surface area contributed by atoms with Crippen LogP contribution in [0.3, 0.4) is 0 Å². The smallest absolute Gasteiger partial charge is 0.263 e. The van der Waals surface area contributed by atoms with Gasteiger partial charge in [-0.3, -0.25) is 9.40 Å². The Morgan fingerprint density at radius 1 is 1.14 bits per heavy atom. The van der Waals surface area contributed by atoms with Gasteiger partial charge in [0.2, 0.25) is 0 Å². The summed E-state index contributed by atoms with van der Waals surface area (Å²) in [6, 6.07) is 5.52. The summed E-state index contributed by atoms with van der Waals surface area (Å²) in [5, 5.41) is 4.06. The van der Waals surface area contributed by atoms with E-state index in [1.807, 2.05) is 26.0 Å². The summed E-state index contributed by atoms with van der Waals surface area (Å²) in [7, 11) is -1.91. The third kappa shape index (κ3) is 3.32. The van der Waals surface area contributed by atoms with Crippen LogP contribution in [0.1, 0.15) is 37.5 Å². The van der Waals surface area contributed by atoms with Crippen LogP contribution in [-0.4, -0.2) is 18.2 Å². The molecule has 1 aromatic heterocycles. The third-order valence-electron chi connectivity index (χ3n) is 3.55. The zero-order chi connectivity index (χ0) is 16.7. The SMILES string of the molecule is Cc1cc(C(C)(C)C)cc(C)c1S(=O)(=O)Nc1ccn(C)n1. The van der Waals surface area contributed by atoms with Crippen LogP contribution < -0.4 is 4.72 Å². The molecule has 0 amide bonds. The summed E-state index contributed by atoms with van der Waals surface area (Å²) < 4.78 is 29.4. The lowest BCUT2D eigenvalue weighted by molar-refractivity contribution is 0.585. The number of nitrogens with one attached hydrogen (secondary N) is 1. The molecule has 120 valence electrons. The second-order valence-electron chi connectivity index (χ2n) is 6.67. The van der Waals surface area contributed by atoms with E-state index < -0.39 is 10.0 Å². The Bertz CT molecular complexity index is 776. The quantitative estimate of drug-likeness (QED) is 0.944. The topological polar surface area (TPSA) is 64.0 Å². The van der Waals surface area contributed by atoms with Crippen LogP contribution in [-0.2, 0) is 22.5 Å². The highest BCUT2D eigenvalue weighted by atomic mass is 32.2. The van der Waals surface area contributed by atoms with Crippen LogP contribution in [0, 0.1) is 13.8 Å². The number of aromatic nitrogens is 2. The number of hydrogen-bond acceptors (Lipinski definition) is 3. The van der Waals surface area contributed by atoms with Gasteiger partial charge in [-0.1, -0.05) is 32.9 Å². The third-order valence-corrected chi connectivity index (χ3v) is 5.21. The molecule has 0 aliphatic carbocycles. The van der Waals surface area contributed by atoms with Crippen molar-refractivity contribution in [1.82, 2.24) is 9.78 Å². The largest absolute Gasteiger partial charge is 0.274 e. The van der Waals surface area contributed by atoms with Gasteiger partial charge in [0, 0.05) is 19.3 Å².